The fourth-order valence-electron chi connectivity index (χ4n) is 2.94. The zero-order chi connectivity index (χ0) is 21.3. The number of amides is 1. The molecule has 0 saturated carbocycles. The van der Waals surface area contributed by atoms with Gasteiger partial charge < -0.3 is 15.4 Å². The molecule has 0 heterocycles. The summed E-state index contributed by atoms with van der Waals surface area (Å²) in [5, 5.41) is 7.06. The van der Waals surface area contributed by atoms with Gasteiger partial charge in [-0.1, -0.05) is 55.8 Å². The molecule has 0 aliphatic carbocycles. The Hall–Kier alpha value is -2.98. The molecule has 0 aliphatic heterocycles. The van der Waals surface area contributed by atoms with Crippen LogP contribution in [0.4, 0.5) is 11.4 Å². The van der Waals surface area contributed by atoms with E-state index in [9.17, 15) is 4.79 Å². The molecule has 0 unspecified atom stereocenters. The first-order chi connectivity index (χ1) is 14.5. The zero-order valence-electron chi connectivity index (χ0n) is 17.3. The van der Waals surface area contributed by atoms with Gasteiger partial charge >= 0.3 is 0 Å². The van der Waals surface area contributed by atoms with Gasteiger partial charge in [-0.25, -0.2) is 0 Å². The summed E-state index contributed by atoms with van der Waals surface area (Å²) < 4.78 is 5.83. The Morgan fingerprint density at radius 1 is 0.933 bits per heavy atom. The van der Waals surface area contributed by atoms with Gasteiger partial charge in [-0.05, 0) is 59.5 Å². The molecule has 0 bridgehead atoms. The molecule has 3 aromatic carbocycles. The molecule has 0 saturated heterocycles. The van der Waals surface area contributed by atoms with Crippen LogP contribution in [0, 0.1) is 5.92 Å². The summed E-state index contributed by atoms with van der Waals surface area (Å²) in [5.41, 5.74) is 3.98. The van der Waals surface area contributed by atoms with Crippen LogP contribution in [-0.2, 0) is 17.9 Å². The zero-order valence-corrected chi connectivity index (χ0v) is 18.1. The van der Waals surface area contributed by atoms with Crippen molar-refractivity contribution in [1.82, 2.24) is 0 Å². The standard InChI is InChI=1S/C25H27ClN2O2/c1-18(2)14-25(29)28-23-5-3-4-22(15-23)27-16-19-8-12-24(13-9-19)30-17-20-6-10-21(26)11-7-20/h3-13,15,18,27H,14,16-17H2,1-2H3,(H,28,29). The van der Waals surface area contributed by atoms with Crippen molar-refractivity contribution in [3.63, 3.8) is 0 Å². The Morgan fingerprint density at radius 2 is 1.60 bits per heavy atom. The Kier molecular flexibility index (Phi) is 7.75. The smallest absolute Gasteiger partial charge is 0.224 e. The van der Waals surface area contributed by atoms with Crippen molar-refractivity contribution in [2.24, 2.45) is 5.92 Å². The van der Waals surface area contributed by atoms with Crippen molar-refractivity contribution >= 4 is 28.9 Å². The van der Waals surface area contributed by atoms with Crippen molar-refractivity contribution in [2.75, 3.05) is 10.6 Å². The lowest BCUT2D eigenvalue weighted by molar-refractivity contribution is -0.116. The van der Waals surface area contributed by atoms with Gasteiger partial charge in [-0.2, -0.15) is 0 Å². The van der Waals surface area contributed by atoms with E-state index in [4.69, 9.17) is 16.3 Å². The highest BCUT2D eigenvalue weighted by Gasteiger charge is 2.06. The number of carbonyl (C=O) groups is 1. The fraction of sp³-hybridized carbons (Fsp3) is 0.240. The third-order valence-electron chi connectivity index (χ3n) is 4.48. The van der Waals surface area contributed by atoms with E-state index in [1.54, 1.807) is 0 Å². The highest BCUT2D eigenvalue weighted by molar-refractivity contribution is 6.30. The Balaban J connectivity index is 1.49. The number of halogens is 1. The van der Waals surface area contributed by atoms with Gasteiger partial charge in [-0.3, -0.25) is 4.79 Å². The van der Waals surface area contributed by atoms with Crippen molar-refractivity contribution in [2.45, 2.75) is 33.4 Å². The van der Waals surface area contributed by atoms with Gasteiger partial charge in [0.2, 0.25) is 5.91 Å². The van der Waals surface area contributed by atoms with Crippen molar-refractivity contribution in [3.8, 4) is 5.75 Å². The van der Waals surface area contributed by atoms with Crippen LogP contribution in [-0.4, -0.2) is 5.91 Å². The fourth-order valence-corrected chi connectivity index (χ4v) is 3.07. The van der Waals surface area contributed by atoms with E-state index in [2.05, 4.69) is 10.6 Å². The SMILES string of the molecule is CC(C)CC(=O)Nc1cccc(NCc2ccc(OCc3ccc(Cl)cc3)cc2)c1. The molecule has 5 heteroatoms. The molecule has 4 nitrogen and oxygen atoms in total. The van der Waals surface area contributed by atoms with Gasteiger partial charge in [0.25, 0.3) is 0 Å². The maximum absolute atomic E-state index is 12.0. The number of benzene rings is 3. The predicted octanol–water partition coefficient (Wildman–Crippen LogP) is 6.52. The van der Waals surface area contributed by atoms with E-state index in [0.29, 0.717) is 25.5 Å². The molecule has 0 radical (unpaired) electrons. The third kappa shape index (κ3) is 7.12. The first kappa shape index (κ1) is 21.7. The summed E-state index contributed by atoms with van der Waals surface area (Å²) in [5.74, 6) is 1.20. The second kappa shape index (κ2) is 10.7. The van der Waals surface area contributed by atoms with Crippen LogP contribution in [0.3, 0.4) is 0 Å². The highest BCUT2D eigenvalue weighted by atomic mass is 35.5. The molecule has 156 valence electrons. The van der Waals surface area contributed by atoms with Crippen LogP contribution in [0.1, 0.15) is 31.4 Å². The molecule has 0 fully saturated rings. The van der Waals surface area contributed by atoms with Gasteiger partial charge in [0.15, 0.2) is 0 Å². The number of carbonyl (C=O) groups excluding carboxylic acids is 1. The summed E-state index contributed by atoms with van der Waals surface area (Å²) in [4.78, 5) is 12.0. The molecular formula is C25H27ClN2O2. The van der Waals surface area contributed by atoms with E-state index >= 15 is 0 Å². The molecule has 3 rings (SSSR count). The van der Waals surface area contributed by atoms with Gasteiger partial charge in [-0.15, -0.1) is 0 Å². The molecule has 2 N–H and O–H groups in total. The third-order valence-corrected chi connectivity index (χ3v) is 4.73. The predicted molar refractivity (Wildman–Crippen MR) is 124 cm³/mol. The second-order valence-corrected chi connectivity index (χ2v) is 8.08. The number of hydrogen-bond donors (Lipinski definition) is 2. The minimum atomic E-state index is 0.0383. The Labute approximate surface area is 183 Å². The van der Waals surface area contributed by atoms with E-state index in [1.165, 1.54) is 0 Å². The number of nitrogens with one attached hydrogen (secondary N) is 2. The average molecular weight is 423 g/mol. The lowest BCUT2D eigenvalue weighted by Crippen LogP contribution is -2.13. The van der Waals surface area contributed by atoms with Gasteiger partial charge in [0.1, 0.15) is 12.4 Å². The molecule has 0 aromatic heterocycles. The summed E-state index contributed by atoms with van der Waals surface area (Å²) >= 11 is 5.90. The summed E-state index contributed by atoms with van der Waals surface area (Å²) in [6.45, 7) is 5.25. The number of rotatable bonds is 9. The number of hydrogen-bond acceptors (Lipinski definition) is 3. The lowest BCUT2D eigenvalue weighted by atomic mass is 10.1. The van der Waals surface area contributed by atoms with E-state index in [-0.39, 0.29) is 5.91 Å². The molecule has 1 amide bonds. The normalized spacial score (nSPS) is 10.7. The molecule has 3 aromatic rings. The van der Waals surface area contributed by atoms with Crippen molar-refractivity contribution in [1.29, 1.82) is 0 Å². The first-order valence-electron chi connectivity index (χ1n) is 10.1. The minimum absolute atomic E-state index is 0.0383. The van der Waals surface area contributed by atoms with Crippen LogP contribution in [0.15, 0.2) is 72.8 Å². The molecule has 0 spiro atoms. The van der Waals surface area contributed by atoms with E-state index in [0.717, 1.165) is 33.3 Å². The van der Waals surface area contributed by atoms with Crippen LogP contribution in [0.25, 0.3) is 0 Å². The van der Waals surface area contributed by atoms with Crippen molar-refractivity contribution < 1.29 is 9.53 Å². The van der Waals surface area contributed by atoms with Crippen LogP contribution in [0.5, 0.6) is 5.75 Å². The lowest BCUT2D eigenvalue weighted by Gasteiger charge is -2.11. The Bertz CT molecular complexity index is 954. The van der Waals surface area contributed by atoms with Crippen LogP contribution < -0.4 is 15.4 Å². The second-order valence-electron chi connectivity index (χ2n) is 7.64. The maximum Gasteiger partial charge on any atom is 0.224 e. The van der Waals surface area contributed by atoms with Gasteiger partial charge in [0.05, 0.1) is 0 Å². The van der Waals surface area contributed by atoms with E-state index < -0.39 is 0 Å². The molecular weight excluding hydrogens is 396 g/mol. The van der Waals surface area contributed by atoms with Crippen LogP contribution in [0.2, 0.25) is 5.02 Å². The van der Waals surface area contributed by atoms with Crippen molar-refractivity contribution in [3.05, 3.63) is 88.9 Å². The average Bonchev–Trinajstić information content (AvgIpc) is 2.72. The topological polar surface area (TPSA) is 50.4 Å². The largest absolute Gasteiger partial charge is 0.489 e. The monoisotopic (exact) mass is 422 g/mol. The minimum Gasteiger partial charge on any atom is -0.489 e. The molecule has 30 heavy (non-hydrogen) atoms. The number of ether oxygens (including phenoxy) is 1. The molecule has 0 aliphatic rings. The Morgan fingerprint density at radius 3 is 2.30 bits per heavy atom. The summed E-state index contributed by atoms with van der Waals surface area (Å²) in [6.07, 6.45) is 0.518. The summed E-state index contributed by atoms with van der Waals surface area (Å²) in [7, 11) is 0. The van der Waals surface area contributed by atoms with E-state index in [1.807, 2.05) is 86.6 Å². The highest BCUT2D eigenvalue weighted by Crippen LogP contribution is 2.19. The summed E-state index contributed by atoms with van der Waals surface area (Å²) in [6, 6.07) is 23.4. The number of anilines is 2. The first-order valence-corrected chi connectivity index (χ1v) is 10.5. The maximum atomic E-state index is 12.0. The molecule has 0 atom stereocenters. The quantitative estimate of drug-likeness (QED) is 0.413. The van der Waals surface area contributed by atoms with Crippen LogP contribution >= 0.6 is 11.6 Å². The van der Waals surface area contributed by atoms with Gasteiger partial charge in [0, 0.05) is 29.4 Å².